The third kappa shape index (κ3) is 1.83. The van der Waals surface area contributed by atoms with Crippen molar-refractivity contribution in [3.63, 3.8) is 0 Å². The molecule has 1 aliphatic heterocycles. The van der Waals surface area contributed by atoms with E-state index in [1.165, 1.54) is 29.9 Å². The summed E-state index contributed by atoms with van der Waals surface area (Å²) in [5.41, 5.74) is 1.29. The molecule has 1 aromatic rings. The van der Waals surface area contributed by atoms with Crippen LogP contribution in [0, 0.1) is 5.92 Å². The number of carbonyl (C=O) groups is 1. The molecular formula is C15H18O2S2. The van der Waals surface area contributed by atoms with Crippen LogP contribution in [0.3, 0.4) is 0 Å². The van der Waals surface area contributed by atoms with Gasteiger partial charge in [-0.25, -0.2) is 0 Å². The van der Waals surface area contributed by atoms with E-state index in [0.29, 0.717) is 11.7 Å². The van der Waals surface area contributed by atoms with Crippen LogP contribution in [0.1, 0.15) is 42.9 Å². The molecule has 2 fully saturated rings. The predicted molar refractivity (Wildman–Crippen MR) is 79.8 cm³/mol. The lowest BCUT2D eigenvalue weighted by Gasteiger charge is -2.41. The number of rotatable bonds is 0. The maximum atomic E-state index is 12.4. The first kappa shape index (κ1) is 12.4. The lowest BCUT2D eigenvalue weighted by atomic mass is 9.90. The number of thioether (sulfide) groups is 2. The van der Waals surface area contributed by atoms with E-state index in [9.17, 15) is 4.79 Å². The Morgan fingerprint density at radius 1 is 1.26 bits per heavy atom. The molecule has 1 saturated carbocycles. The molecule has 4 rings (SSSR count). The summed E-state index contributed by atoms with van der Waals surface area (Å²) in [6.07, 6.45) is 7.16. The number of aryl methyl sites for hydroxylation is 1. The van der Waals surface area contributed by atoms with Crippen molar-refractivity contribution in [2.45, 2.75) is 42.1 Å². The van der Waals surface area contributed by atoms with Gasteiger partial charge in [0.1, 0.15) is 11.5 Å². The monoisotopic (exact) mass is 294 g/mol. The van der Waals surface area contributed by atoms with Gasteiger partial charge >= 0.3 is 0 Å². The zero-order chi connectivity index (χ0) is 12.9. The fourth-order valence-electron chi connectivity index (χ4n) is 3.92. The number of ketones is 1. The molecule has 0 unspecified atom stereocenters. The Kier molecular flexibility index (Phi) is 2.99. The van der Waals surface area contributed by atoms with Crippen LogP contribution in [0.15, 0.2) is 16.7 Å². The van der Waals surface area contributed by atoms with Crippen LogP contribution >= 0.6 is 23.5 Å². The van der Waals surface area contributed by atoms with Crippen molar-refractivity contribution in [1.82, 2.24) is 0 Å². The molecule has 0 bridgehead atoms. The highest BCUT2D eigenvalue weighted by Gasteiger charge is 2.53. The average molecular weight is 294 g/mol. The number of furan rings is 1. The molecule has 1 aromatic heterocycles. The van der Waals surface area contributed by atoms with E-state index in [0.717, 1.165) is 25.0 Å². The van der Waals surface area contributed by atoms with Crippen LogP contribution in [-0.4, -0.2) is 21.4 Å². The number of carbonyl (C=O) groups excluding carboxylic acids is 1. The van der Waals surface area contributed by atoms with E-state index in [1.807, 2.05) is 0 Å². The Labute approximate surface area is 122 Å². The third-order valence-electron chi connectivity index (χ3n) is 4.80. The van der Waals surface area contributed by atoms with Gasteiger partial charge < -0.3 is 4.42 Å². The first-order valence-electron chi connectivity index (χ1n) is 7.17. The van der Waals surface area contributed by atoms with E-state index in [-0.39, 0.29) is 10.00 Å². The summed E-state index contributed by atoms with van der Waals surface area (Å²) in [6, 6.07) is 2.08. The van der Waals surface area contributed by atoms with Crippen molar-refractivity contribution < 1.29 is 9.21 Å². The largest absolute Gasteiger partial charge is 0.468 e. The van der Waals surface area contributed by atoms with Gasteiger partial charge in [-0.1, -0.05) is 0 Å². The van der Waals surface area contributed by atoms with E-state index in [4.69, 9.17) is 4.42 Å². The normalized spacial score (nSPS) is 32.9. The first-order valence-corrected chi connectivity index (χ1v) is 9.14. The van der Waals surface area contributed by atoms with Gasteiger partial charge in [-0.15, -0.1) is 23.5 Å². The molecule has 2 aliphatic carbocycles. The lowest BCUT2D eigenvalue weighted by Crippen LogP contribution is -2.35. The first-order chi connectivity index (χ1) is 9.30. The highest BCUT2D eigenvalue weighted by Crippen LogP contribution is 2.60. The Bertz CT molecular complexity index is 502. The minimum atomic E-state index is 0.0469. The van der Waals surface area contributed by atoms with Crippen LogP contribution in [0.25, 0.3) is 0 Å². The van der Waals surface area contributed by atoms with Crippen molar-refractivity contribution in [2.24, 2.45) is 5.92 Å². The highest BCUT2D eigenvalue weighted by atomic mass is 32.2. The Morgan fingerprint density at radius 2 is 2.11 bits per heavy atom. The quantitative estimate of drug-likeness (QED) is 0.727. The molecule has 2 atom stereocenters. The molecule has 0 aromatic carbocycles. The van der Waals surface area contributed by atoms with Crippen LogP contribution in [0.5, 0.6) is 0 Å². The summed E-state index contributed by atoms with van der Waals surface area (Å²) in [7, 11) is 0. The Balaban J connectivity index is 1.79. The number of Topliss-reactive ketones (excluding diaryl/α,β-unsaturated/α-hetero) is 1. The topological polar surface area (TPSA) is 30.2 Å². The van der Waals surface area contributed by atoms with Crippen molar-refractivity contribution in [3.8, 4) is 0 Å². The molecule has 19 heavy (non-hydrogen) atoms. The molecule has 2 heterocycles. The molecule has 0 amide bonds. The molecule has 1 saturated heterocycles. The van der Waals surface area contributed by atoms with E-state index in [2.05, 4.69) is 29.6 Å². The number of hydrogen-bond acceptors (Lipinski definition) is 4. The molecule has 3 aliphatic rings. The van der Waals surface area contributed by atoms with Crippen molar-refractivity contribution >= 4 is 29.3 Å². The van der Waals surface area contributed by atoms with Gasteiger partial charge in [0, 0.05) is 6.42 Å². The SMILES string of the molecule is O=C1CC[C@@H]2[C@H]1c1occc1CCC21SCCCS1. The second kappa shape index (κ2) is 4.59. The van der Waals surface area contributed by atoms with Gasteiger partial charge in [-0.05, 0) is 54.7 Å². The second-order valence-corrected chi connectivity index (χ2v) is 8.87. The summed E-state index contributed by atoms with van der Waals surface area (Å²) >= 11 is 4.24. The Morgan fingerprint density at radius 3 is 2.95 bits per heavy atom. The minimum absolute atomic E-state index is 0.0469. The van der Waals surface area contributed by atoms with Gasteiger partial charge in [0.15, 0.2) is 0 Å². The predicted octanol–water partition coefficient (Wildman–Crippen LogP) is 3.85. The molecule has 2 nitrogen and oxygen atoms in total. The Hall–Kier alpha value is -0.350. The molecule has 1 spiro atoms. The van der Waals surface area contributed by atoms with Crippen LogP contribution in [0.2, 0.25) is 0 Å². The maximum Gasteiger partial charge on any atom is 0.143 e. The number of hydrogen-bond donors (Lipinski definition) is 0. The summed E-state index contributed by atoms with van der Waals surface area (Å²) in [5, 5.41) is 0. The van der Waals surface area contributed by atoms with E-state index >= 15 is 0 Å². The number of fused-ring (bicyclic) bond motifs is 4. The summed E-state index contributed by atoms with van der Waals surface area (Å²) in [6.45, 7) is 0. The highest BCUT2D eigenvalue weighted by molar-refractivity contribution is 8.18. The third-order valence-corrected chi connectivity index (χ3v) is 8.49. The molecule has 0 radical (unpaired) electrons. The fraction of sp³-hybridized carbons (Fsp3) is 0.667. The molecule has 4 heteroatoms. The fourth-order valence-corrected chi connectivity index (χ4v) is 7.63. The zero-order valence-corrected chi connectivity index (χ0v) is 12.5. The van der Waals surface area contributed by atoms with E-state index < -0.39 is 0 Å². The molecule has 0 N–H and O–H groups in total. The van der Waals surface area contributed by atoms with Gasteiger partial charge in [-0.3, -0.25) is 4.79 Å². The lowest BCUT2D eigenvalue weighted by molar-refractivity contribution is -0.119. The molecule has 102 valence electrons. The van der Waals surface area contributed by atoms with Crippen molar-refractivity contribution in [3.05, 3.63) is 23.7 Å². The van der Waals surface area contributed by atoms with Crippen LogP contribution in [-0.2, 0) is 11.2 Å². The van der Waals surface area contributed by atoms with Gasteiger partial charge in [0.25, 0.3) is 0 Å². The molecular weight excluding hydrogens is 276 g/mol. The van der Waals surface area contributed by atoms with E-state index in [1.54, 1.807) is 6.26 Å². The van der Waals surface area contributed by atoms with Gasteiger partial charge in [-0.2, -0.15) is 0 Å². The minimum Gasteiger partial charge on any atom is -0.468 e. The van der Waals surface area contributed by atoms with Gasteiger partial charge in [0.05, 0.1) is 16.3 Å². The smallest absolute Gasteiger partial charge is 0.143 e. The average Bonchev–Trinajstić information content (AvgIpc) is 3.01. The zero-order valence-electron chi connectivity index (χ0n) is 10.9. The summed E-state index contributed by atoms with van der Waals surface area (Å²) < 4.78 is 5.99. The van der Waals surface area contributed by atoms with Crippen LogP contribution < -0.4 is 0 Å². The maximum absolute atomic E-state index is 12.4. The summed E-state index contributed by atoms with van der Waals surface area (Å²) in [5.74, 6) is 4.45. The van der Waals surface area contributed by atoms with Crippen LogP contribution in [0.4, 0.5) is 0 Å². The standard InChI is InChI=1S/C15H18O2S2/c16-12-3-2-11-13(12)14-10(5-7-17-14)4-6-15(11)18-8-1-9-19-15/h5,7,11,13H,1-4,6,8-9H2/t11-,13-/m1/s1. The van der Waals surface area contributed by atoms with Gasteiger partial charge in [0.2, 0.25) is 0 Å². The van der Waals surface area contributed by atoms with Crippen molar-refractivity contribution in [1.29, 1.82) is 0 Å². The second-order valence-electron chi connectivity index (χ2n) is 5.76. The summed E-state index contributed by atoms with van der Waals surface area (Å²) in [4.78, 5) is 12.4. The van der Waals surface area contributed by atoms with Crippen molar-refractivity contribution in [2.75, 3.05) is 11.5 Å².